The number of hydrogen-bond donors (Lipinski definition) is 1. The van der Waals surface area contributed by atoms with Crippen molar-refractivity contribution in [3.8, 4) is 5.69 Å². The first kappa shape index (κ1) is 16.2. The van der Waals surface area contributed by atoms with Crippen LogP contribution in [0.5, 0.6) is 0 Å². The highest BCUT2D eigenvalue weighted by Gasteiger charge is 2.10. The fourth-order valence-corrected chi connectivity index (χ4v) is 2.31. The van der Waals surface area contributed by atoms with Crippen LogP contribution in [0.15, 0.2) is 64.4 Å². The maximum absolute atomic E-state index is 12.0. The van der Waals surface area contributed by atoms with Gasteiger partial charge in [0.1, 0.15) is 5.76 Å². The summed E-state index contributed by atoms with van der Waals surface area (Å²) in [5, 5.41) is 14.7. The normalized spacial score (nSPS) is 10.9. The molecule has 0 fully saturated rings. The van der Waals surface area contributed by atoms with Crippen LogP contribution in [0, 0.1) is 17.0 Å². The van der Waals surface area contributed by atoms with E-state index >= 15 is 0 Å². The van der Waals surface area contributed by atoms with E-state index in [0.717, 1.165) is 5.69 Å². The molecular formula is C17H14N4O4. The number of nitrogens with one attached hydrogen (secondary N) is 1. The van der Waals surface area contributed by atoms with Gasteiger partial charge in [-0.1, -0.05) is 0 Å². The molecule has 126 valence electrons. The van der Waals surface area contributed by atoms with Crippen molar-refractivity contribution >= 4 is 17.8 Å². The molecule has 0 radical (unpaired) electrons. The van der Waals surface area contributed by atoms with Gasteiger partial charge in [-0.25, -0.2) is 5.43 Å². The molecule has 0 aliphatic rings. The Labute approximate surface area is 142 Å². The Balaban J connectivity index is 1.74. The molecule has 0 saturated heterocycles. The Hall–Kier alpha value is -3.68. The minimum atomic E-state index is -0.449. The molecule has 25 heavy (non-hydrogen) atoms. The summed E-state index contributed by atoms with van der Waals surface area (Å²) in [7, 11) is 0. The van der Waals surface area contributed by atoms with Crippen LogP contribution in [0.4, 0.5) is 5.69 Å². The molecule has 1 N–H and O–H groups in total. The van der Waals surface area contributed by atoms with Crippen molar-refractivity contribution in [3.05, 3.63) is 82.1 Å². The average Bonchev–Trinajstić information content (AvgIpc) is 3.23. The van der Waals surface area contributed by atoms with Crippen LogP contribution in [0.1, 0.15) is 21.8 Å². The van der Waals surface area contributed by atoms with Crippen LogP contribution in [-0.4, -0.2) is 21.6 Å². The molecule has 8 nitrogen and oxygen atoms in total. The molecule has 0 spiro atoms. The second-order valence-electron chi connectivity index (χ2n) is 5.17. The Morgan fingerprint density at radius 2 is 2.04 bits per heavy atom. The molecule has 0 saturated carbocycles. The number of amides is 1. The van der Waals surface area contributed by atoms with E-state index in [9.17, 15) is 14.9 Å². The van der Waals surface area contributed by atoms with E-state index in [2.05, 4.69) is 10.5 Å². The molecule has 0 bridgehead atoms. The number of carbonyl (C=O) groups is 1. The number of non-ortho nitro benzene ring substituents is 1. The van der Waals surface area contributed by atoms with Crippen molar-refractivity contribution in [1.29, 1.82) is 0 Å². The predicted molar refractivity (Wildman–Crippen MR) is 90.9 cm³/mol. The zero-order chi connectivity index (χ0) is 17.8. The van der Waals surface area contributed by atoms with E-state index in [0.29, 0.717) is 17.0 Å². The number of hydrazone groups is 1. The van der Waals surface area contributed by atoms with Crippen LogP contribution < -0.4 is 5.43 Å². The number of benzene rings is 1. The van der Waals surface area contributed by atoms with Crippen LogP contribution >= 0.6 is 0 Å². The van der Waals surface area contributed by atoms with Gasteiger partial charge in [0.15, 0.2) is 0 Å². The lowest BCUT2D eigenvalue weighted by Gasteiger charge is -2.05. The molecule has 0 unspecified atom stereocenters. The number of rotatable bonds is 5. The minimum absolute atomic E-state index is 0.0221. The summed E-state index contributed by atoms with van der Waals surface area (Å²) in [6.45, 7) is 1.69. The summed E-state index contributed by atoms with van der Waals surface area (Å²) in [6.07, 6.45) is 4.73. The summed E-state index contributed by atoms with van der Waals surface area (Å²) in [5.74, 6) is 0.151. The lowest BCUT2D eigenvalue weighted by Crippen LogP contribution is -2.18. The van der Waals surface area contributed by atoms with Crippen LogP contribution in [-0.2, 0) is 0 Å². The number of nitro benzene ring substituents is 1. The van der Waals surface area contributed by atoms with Crippen molar-refractivity contribution < 1.29 is 14.1 Å². The van der Waals surface area contributed by atoms with Crippen LogP contribution in [0.25, 0.3) is 5.69 Å². The van der Waals surface area contributed by atoms with Gasteiger partial charge in [-0.15, -0.1) is 0 Å². The number of furan rings is 1. The highest BCUT2D eigenvalue weighted by Crippen LogP contribution is 2.17. The number of nitrogens with zero attached hydrogens (tertiary/aromatic N) is 3. The van der Waals surface area contributed by atoms with E-state index in [1.807, 2.05) is 6.07 Å². The third-order valence-electron chi connectivity index (χ3n) is 3.59. The Morgan fingerprint density at radius 1 is 1.28 bits per heavy atom. The lowest BCUT2D eigenvalue weighted by molar-refractivity contribution is -0.384. The summed E-state index contributed by atoms with van der Waals surface area (Å²) in [5.41, 5.74) is 4.33. The van der Waals surface area contributed by atoms with E-state index in [4.69, 9.17) is 4.42 Å². The van der Waals surface area contributed by atoms with Crippen molar-refractivity contribution in [2.24, 2.45) is 5.10 Å². The van der Waals surface area contributed by atoms with Gasteiger partial charge in [-0.3, -0.25) is 14.9 Å². The SMILES string of the molecule is Cc1occc1C(=O)N/N=C/c1cccn1-c1ccc([N+](=O)[O-])cc1. The quantitative estimate of drug-likeness (QED) is 0.439. The second kappa shape index (κ2) is 6.83. The number of nitro groups is 1. The van der Waals surface area contributed by atoms with Gasteiger partial charge >= 0.3 is 0 Å². The van der Waals surface area contributed by atoms with Gasteiger partial charge in [-0.2, -0.15) is 5.10 Å². The number of hydrogen-bond acceptors (Lipinski definition) is 5. The predicted octanol–water partition coefficient (Wildman–Crippen LogP) is 3.05. The topological polar surface area (TPSA) is 103 Å². The molecule has 8 heteroatoms. The molecule has 1 amide bonds. The molecule has 2 aromatic heterocycles. The fourth-order valence-electron chi connectivity index (χ4n) is 2.31. The second-order valence-corrected chi connectivity index (χ2v) is 5.17. The standard InChI is InChI=1S/C17H14N4O4/c1-12-16(8-10-25-12)17(22)19-18-11-15-3-2-9-20(15)13-4-6-14(7-5-13)21(23)24/h2-11H,1H3,(H,19,22)/b18-11+. The Kier molecular flexibility index (Phi) is 4.42. The molecule has 3 aromatic rings. The smallest absolute Gasteiger partial charge is 0.274 e. The van der Waals surface area contributed by atoms with Gasteiger partial charge in [0.05, 0.1) is 28.7 Å². The van der Waals surface area contributed by atoms with Crippen molar-refractivity contribution in [2.45, 2.75) is 6.92 Å². The van der Waals surface area contributed by atoms with Crippen molar-refractivity contribution in [1.82, 2.24) is 9.99 Å². The van der Waals surface area contributed by atoms with E-state index in [1.54, 1.807) is 42.0 Å². The molecule has 0 aliphatic carbocycles. The number of aryl methyl sites for hydroxylation is 1. The molecule has 1 aromatic carbocycles. The van der Waals surface area contributed by atoms with E-state index in [1.165, 1.54) is 24.6 Å². The molecule has 0 atom stereocenters. The Morgan fingerprint density at radius 3 is 2.68 bits per heavy atom. The first-order chi connectivity index (χ1) is 12.1. The molecule has 2 heterocycles. The minimum Gasteiger partial charge on any atom is -0.469 e. The fraction of sp³-hybridized carbons (Fsp3) is 0.0588. The van der Waals surface area contributed by atoms with Gasteiger partial charge in [0.25, 0.3) is 11.6 Å². The van der Waals surface area contributed by atoms with E-state index < -0.39 is 4.92 Å². The Bertz CT molecular complexity index is 938. The summed E-state index contributed by atoms with van der Waals surface area (Å²) in [6, 6.07) is 11.3. The summed E-state index contributed by atoms with van der Waals surface area (Å²) < 4.78 is 6.87. The maximum atomic E-state index is 12.0. The van der Waals surface area contributed by atoms with Gasteiger partial charge < -0.3 is 8.98 Å². The molecule has 0 aliphatic heterocycles. The van der Waals surface area contributed by atoms with Gasteiger partial charge in [0.2, 0.25) is 0 Å². The zero-order valence-electron chi connectivity index (χ0n) is 13.2. The lowest BCUT2D eigenvalue weighted by atomic mass is 10.2. The molecular weight excluding hydrogens is 324 g/mol. The monoisotopic (exact) mass is 338 g/mol. The summed E-state index contributed by atoms with van der Waals surface area (Å²) >= 11 is 0. The van der Waals surface area contributed by atoms with Crippen molar-refractivity contribution in [2.75, 3.05) is 0 Å². The third kappa shape index (κ3) is 3.47. The van der Waals surface area contributed by atoms with Crippen LogP contribution in [0.2, 0.25) is 0 Å². The molecule has 3 rings (SSSR count). The zero-order valence-corrected chi connectivity index (χ0v) is 13.2. The van der Waals surface area contributed by atoms with Crippen LogP contribution in [0.3, 0.4) is 0 Å². The van der Waals surface area contributed by atoms with Gasteiger partial charge in [0, 0.05) is 24.0 Å². The number of aromatic nitrogens is 1. The van der Waals surface area contributed by atoms with E-state index in [-0.39, 0.29) is 11.6 Å². The maximum Gasteiger partial charge on any atom is 0.274 e. The average molecular weight is 338 g/mol. The van der Waals surface area contributed by atoms with Crippen molar-refractivity contribution in [3.63, 3.8) is 0 Å². The number of carbonyl (C=O) groups excluding carboxylic acids is 1. The third-order valence-corrected chi connectivity index (χ3v) is 3.59. The summed E-state index contributed by atoms with van der Waals surface area (Å²) in [4.78, 5) is 22.2. The first-order valence-corrected chi connectivity index (χ1v) is 7.36. The first-order valence-electron chi connectivity index (χ1n) is 7.36. The van der Waals surface area contributed by atoms with Gasteiger partial charge in [-0.05, 0) is 37.3 Å². The highest BCUT2D eigenvalue weighted by atomic mass is 16.6. The highest BCUT2D eigenvalue weighted by molar-refractivity contribution is 5.95. The largest absolute Gasteiger partial charge is 0.469 e.